The Labute approximate surface area is 203 Å². The molecule has 0 unspecified atom stereocenters. The van der Waals surface area contributed by atoms with Gasteiger partial charge in [0.25, 0.3) is 0 Å². The van der Waals surface area contributed by atoms with Gasteiger partial charge in [0, 0.05) is 17.3 Å². The minimum Gasteiger partial charge on any atom is -0.456 e. The van der Waals surface area contributed by atoms with Crippen molar-refractivity contribution in [1.29, 1.82) is 0 Å². The number of fused-ring (bicyclic) bond motifs is 6. The molecule has 0 radical (unpaired) electrons. The van der Waals surface area contributed by atoms with Crippen molar-refractivity contribution in [3.05, 3.63) is 121 Å². The van der Waals surface area contributed by atoms with E-state index in [0.29, 0.717) is 6.54 Å². The lowest BCUT2D eigenvalue weighted by atomic mass is 9.94. The van der Waals surface area contributed by atoms with E-state index in [1.165, 1.54) is 49.2 Å². The molecule has 0 aliphatic rings. The molecule has 0 aliphatic heterocycles. The van der Waals surface area contributed by atoms with Gasteiger partial charge in [-0.05, 0) is 79.7 Å². The lowest BCUT2D eigenvalue weighted by Crippen LogP contribution is -1.99. The normalized spacial score (nSPS) is 11.7. The van der Waals surface area contributed by atoms with Gasteiger partial charge >= 0.3 is 0 Å². The lowest BCUT2D eigenvalue weighted by molar-refractivity contribution is 0.669. The predicted octanol–water partition coefficient (Wildman–Crippen LogP) is 8.69. The molecule has 35 heavy (non-hydrogen) atoms. The summed E-state index contributed by atoms with van der Waals surface area (Å²) in [6, 6.07) is 40.9. The second-order valence-electron chi connectivity index (χ2n) is 9.11. The summed E-state index contributed by atoms with van der Waals surface area (Å²) in [5.41, 5.74) is 13.9. The Balaban J connectivity index is 1.34. The van der Waals surface area contributed by atoms with Crippen molar-refractivity contribution in [3.8, 4) is 22.3 Å². The van der Waals surface area contributed by atoms with Gasteiger partial charge in [0.1, 0.15) is 11.2 Å². The molecule has 0 fully saturated rings. The van der Waals surface area contributed by atoms with E-state index in [0.717, 1.165) is 22.1 Å². The molecule has 1 heterocycles. The Morgan fingerprint density at radius 2 is 1.17 bits per heavy atom. The van der Waals surface area contributed by atoms with Crippen molar-refractivity contribution in [2.45, 2.75) is 6.54 Å². The monoisotopic (exact) mass is 449 g/mol. The van der Waals surface area contributed by atoms with Crippen LogP contribution >= 0.6 is 0 Å². The van der Waals surface area contributed by atoms with Crippen molar-refractivity contribution in [2.24, 2.45) is 5.73 Å². The Morgan fingerprint density at radius 1 is 0.514 bits per heavy atom. The molecule has 0 bridgehead atoms. The maximum Gasteiger partial charge on any atom is 0.136 e. The Hall–Kier alpha value is -4.40. The third kappa shape index (κ3) is 3.23. The first kappa shape index (κ1) is 20.0. The summed E-state index contributed by atoms with van der Waals surface area (Å²) in [4.78, 5) is 0. The Morgan fingerprint density at radius 3 is 1.97 bits per heavy atom. The molecule has 6 aromatic carbocycles. The summed E-state index contributed by atoms with van der Waals surface area (Å²) in [6.07, 6.45) is 0. The molecule has 2 N–H and O–H groups in total. The highest BCUT2D eigenvalue weighted by Gasteiger charge is 2.12. The number of furan rings is 1. The van der Waals surface area contributed by atoms with E-state index < -0.39 is 0 Å². The van der Waals surface area contributed by atoms with E-state index in [2.05, 4.69) is 115 Å². The molecule has 1 aromatic heterocycles. The van der Waals surface area contributed by atoms with Gasteiger partial charge in [-0.3, -0.25) is 0 Å². The molecule has 0 saturated carbocycles. The summed E-state index contributed by atoms with van der Waals surface area (Å²) < 4.78 is 6.18. The molecule has 2 nitrogen and oxygen atoms in total. The topological polar surface area (TPSA) is 39.2 Å². The molecule has 0 saturated heterocycles. The van der Waals surface area contributed by atoms with E-state index >= 15 is 0 Å². The fraction of sp³-hybridized carbons (Fsp3) is 0.0303. The summed E-state index contributed by atoms with van der Waals surface area (Å²) >= 11 is 0. The molecule has 7 rings (SSSR count). The van der Waals surface area contributed by atoms with Crippen LogP contribution in [0, 0.1) is 0 Å². The number of rotatable bonds is 3. The third-order valence-electron chi connectivity index (χ3n) is 7.08. The first-order valence-electron chi connectivity index (χ1n) is 11.9. The molecule has 0 amide bonds. The molecular formula is C33H23NO. The predicted molar refractivity (Wildman–Crippen MR) is 147 cm³/mol. The third-order valence-corrected chi connectivity index (χ3v) is 7.08. The van der Waals surface area contributed by atoms with Gasteiger partial charge in [0.05, 0.1) is 0 Å². The summed E-state index contributed by atoms with van der Waals surface area (Å²) in [6.45, 7) is 0.514. The van der Waals surface area contributed by atoms with Crippen LogP contribution in [0.4, 0.5) is 0 Å². The zero-order valence-electron chi connectivity index (χ0n) is 19.2. The summed E-state index contributed by atoms with van der Waals surface area (Å²) in [5.74, 6) is 0. The maximum absolute atomic E-state index is 6.18. The largest absolute Gasteiger partial charge is 0.456 e. The SMILES string of the molecule is NCc1cc2ccccc2cc1-c1ccc(-c2ccc3oc4ccc5ccccc5c4c3c2)cc1. The van der Waals surface area contributed by atoms with Crippen molar-refractivity contribution >= 4 is 43.5 Å². The first-order chi connectivity index (χ1) is 17.3. The minimum atomic E-state index is 0.514. The summed E-state index contributed by atoms with van der Waals surface area (Å²) in [5, 5.41) is 7.24. The summed E-state index contributed by atoms with van der Waals surface area (Å²) in [7, 11) is 0. The van der Waals surface area contributed by atoms with Crippen molar-refractivity contribution in [2.75, 3.05) is 0 Å². The van der Waals surface area contributed by atoms with E-state index in [1.807, 2.05) is 0 Å². The molecular weight excluding hydrogens is 426 g/mol. The van der Waals surface area contributed by atoms with E-state index in [1.54, 1.807) is 0 Å². The van der Waals surface area contributed by atoms with E-state index in [9.17, 15) is 0 Å². The van der Waals surface area contributed by atoms with E-state index in [-0.39, 0.29) is 0 Å². The second kappa shape index (κ2) is 7.83. The minimum absolute atomic E-state index is 0.514. The van der Waals surface area contributed by atoms with Gasteiger partial charge in [-0.2, -0.15) is 0 Å². The van der Waals surface area contributed by atoms with E-state index in [4.69, 9.17) is 10.2 Å². The molecule has 0 atom stereocenters. The Bertz CT molecular complexity index is 1880. The smallest absolute Gasteiger partial charge is 0.136 e. The first-order valence-corrected chi connectivity index (χ1v) is 11.9. The zero-order chi connectivity index (χ0) is 23.4. The van der Waals surface area contributed by atoms with Crippen LogP contribution < -0.4 is 5.73 Å². The molecule has 0 spiro atoms. The van der Waals surface area contributed by atoms with Crippen LogP contribution in [-0.4, -0.2) is 0 Å². The van der Waals surface area contributed by atoms with Crippen LogP contribution in [0.2, 0.25) is 0 Å². The fourth-order valence-electron chi connectivity index (χ4n) is 5.29. The second-order valence-corrected chi connectivity index (χ2v) is 9.11. The number of hydrogen-bond acceptors (Lipinski definition) is 2. The van der Waals surface area contributed by atoms with Crippen molar-refractivity contribution in [3.63, 3.8) is 0 Å². The Kier molecular flexibility index (Phi) is 4.48. The quantitative estimate of drug-likeness (QED) is 0.293. The van der Waals surface area contributed by atoms with Crippen molar-refractivity contribution in [1.82, 2.24) is 0 Å². The van der Waals surface area contributed by atoms with Gasteiger partial charge in [0.15, 0.2) is 0 Å². The highest BCUT2D eigenvalue weighted by atomic mass is 16.3. The van der Waals surface area contributed by atoms with Crippen LogP contribution in [0.15, 0.2) is 120 Å². The van der Waals surface area contributed by atoms with Crippen molar-refractivity contribution < 1.29 is 4.42 Å². The van der Waals surface area contributed by atoms with Gasteiger partial charge in [-0.1, -0.05) is 84.9 Å². The van der Waals surface area contributed by atoms with Gasteiger partial charge in [-0.25, -0.2) is 0 Å². The number of nitrogens with two attached hydrogens (primary N) is 1. The lowest BCUT2D eigenvalue weighted by Gasteiger charge is -2.12. The van der Waals surface area contributed by atoms with Gasteiger partial charge in [0.2, 0.25) is 0 Å². The molecule has 0 aliphatic carbocycles. The van der Waals surface area contributed by atoms with Crippen LogP contribution in [-0.2, 0) is 6.54 Å². The zero-order valence-corrected chi connectivity index (χ0v) is 19.2. The number of benzene rings is 6. The average molecular weight is 450 g/mol. The highest BCUT2D eigenvalue weighted by molar-refractivity contribution is 6.19. The van der Waals surface area contributed by atoms with Crippen LogP contribution in [0.5, 0.6) is 0 Å². The molecule has 166 valence electrons. The highest BCUT2D eigenvalue weighted by Crippen LogP contribution is 2.37. The van der Waals surface area contributed by atoms with Crippen LogP contribution in [0.25, 0.3) is 65.7 Å². The number of hydrogen-bond donors (Lipinski definition) is 1. The van der Waals surface area contributed by atoms with Crippen LogP contribution in [0.3, 0.4) is 0 Å². The fourth-order valence-corrected chi connectivity index (χ4v) is 5.29. The van der Waals surface area contributed by atoms with Crippen LogP contribution in [0.1, 0.15) is 5.56 Å². The molecule has 7 aromatic rings. The van der Waals surface area contributed by atoms with Gasteiger partial charge in [-0.15, -0.1) is 0 Å². The van der Waals surface area contributed by atoms with Gasteiger partial charge < -0.3 is 10.2 Å². The average Bonchev–Trinajstić information content (AvgIpc) is 3.31. The molecule has 2 heteroatoms. The maximum atomic E-state index is 6.18. The standard InChI is InChI=1S/C33H23NO/c34-20-27-17-24-6-1-2-7-25(24)18-29(27)23-11-9-21(10-12-23)26-14-15-31-30(19-26)33-28-8-4-3-5-22(28)13-16-32(33)35-31/h1-19H,20,34H2.